The molecule has 1 N–H and O–H groups in total. The minimum absolute atomic E-state index is 0.0663. The lowest BCUT2D eigenvalue weighted by Crippen LogP contribution is -2.25. The van der Waals surface area contributed by atoms with Gasteiger partial charge in [0.1, 0.15) is 12.4 Å². The van der Waals surface area contributed by atoms with Crippen LogP contribution >= 0.6 is 0 Å². The van der Waals surface area contributed by atoms with Gasteiger partial charge < -0.3 is 15.0 Å². The van der Waals surface area contributed by atoms with Crippen LogP contribution in [0.25, 0.3) is 0 Å². The Balaban J connectivity index is 1.42. The molecule has 0 spiro atoms. The summed E-state index contributed by atoms with van der Waals surface area (Å²) >= 11 is 0. The van der Waals surface area contributed by atoms with Crippen LogP contribution in [0.5, 0.6) is 5.75 Å². The number of carbonyl (C=O) groups excluding carboxylic acids is 1. The highest BCUT2D eigenvalue weighted by atomic mass is 16.5. The van der Waals surface area contributed by atoms with Gasteiger partial charge in [0, 0.05) is 57.1 Å². The molecule has 0 unspecified atom stereocenters. The van der Waals surface area contributed by atoms with Gasteiger partial charge in [0.25, 0.3) is 5.91 Å². The zero-order chi connectivity index (χ0) is 22.5. The molecule has 0 atom stereocenters. The summed E-state index contributed by atoms with van der Waals surface area (Å²) in [6, 6.07) is 22.6. The Labute approximate surface area is 190 Å². The zero-order valence-electron chi connectivity index (χ0n) is 19.1. The molecule has 1 heterocycles. The first kappa shape index (κ1) is 21.9. The summed E-state index contributed by atoms with van der Waals surface area (Å²) in [5, 5.41) is 3.03. The number of amides is 1. The van der Waals surface area contributed by atoms with Crippen molar-refractivity contribution in [2.45, 2.75) is 26.6 Å². The molecule has 0 saturated heterocycles. The predicted octanol–water partition coefficient (Wildman–Crippen LogP) is 4.39. The van der Waals surface area contributed by atoms with Crippen molar-refractivity contribution in [1.29, 1.82) is 0 Å². The molecular formula is C27H31N3O2. The third kappa shape index (κ3) is 5.48. The van der Waals surface area contributed by atoms with Crippen molar-refractivity contribution in [1.82, 2.24) is 10.2 Å². The first-order chi connectivity index (χ1) is 15.5. The second-order valence-corrected chi connectivity index (χ2v) is 8.61. The van der Waals surface area contributed by atoms with Gasteiger partial charge in [-0.25, -0.2) is 0 Å². The summed E-state index contributed by atoms with van der Waals surface area (Å²) < 4.78 is 5.96. The highest BCUT2D eigenvalue weighted by Crippen LogP contribution is 2.25. The molecule has 0 aromatic heterocycles. The third-order valence-corrected chi connectivity index (χ3v) is 5.81. The average Bonchev–Trinajstić information content (AvgIpc) is 3.00. The van der Waals surface area contributed by atoms with Gasteiger partial charge in [-0.2, -0.15) is 0 Å². The normalized spacial score (nSPS) is 13.6. The molecule has 0 fully saturated rings. The van der Waals surface area contributed by atoms with E-state index in [1.165, 1.54) is 16.8 Å². The molecule has 3 aromatic carbocycles. The van der Waals surface area contributed by atoms with Crippen LogP contribution in [-0.4, -0.2) is 38.1 Å². The van der Waals surface area contributed by atoms with Crippen LogP contribution < -0.4 is 15.0 Å². The Morgan fingerprint density at radius 2 is 1.72 bits per heavy atom. The second-order valence-electron chi connectivity index (χ2n) is 8.61. The van der Waals surface area contributed by atoms with Crippen LogP contribution in [0.4, 0.5) is 5.69 Å². The lowest BCUT2D eigenvalue weighted by atomic mass is 10.1. The number of rotatable bonds is 6. The van der Waals surface area contributed by atoms with Crippen LogP contribution in [0.15, 0.2) is 66.7 Å². The minimum atomic E-state index is -0.0663. The fraction of sp³-hybridized carbons (Fsp3) is 0.296. The molecule has 0 saturated carbocycles. The Bertz CT molecular complexity index is 1060. The predicted molar refractivity (Wildman–Crippen MR) is 129 cm³/mol. The smallest absolute Gasteiger partial charge is 0.251 e. The number of carbonyl (C=O) groups is 1. The lowest BCUT2D eigenvalue weighted by Gasteiger charge is -2.20. The van der Waals surface area contributed by atoms with Gasteiger partial charge in [-0.1, -0.05) is 42.0 Å². The highest BCUT2D eigenvalue weighted by Gasteiger charge is 2.18. The average molecular weight is 430 g/mol. The molecule has 4 rings (SSSR count). The molecule has 0 aliphatic carbocycles. The number of hydrogen-bond acceptors (Lipinski definition) is 4. The quantitative estimate of drug-likeness (QED) is 0.631. The SMILES string of the molecule is Cc1ccc(CNC(=O)c2ccc3c(c2)CN(Cc2ccc(N(C)C)cc2)CCO3)cc1. The Hall–Kier alpha value is -3.31. The van der Waals surface area contributed by atoms with Gasteiger partial charge in [-0.05, 0) is 48.4 Å². The van der Waals surface area contributed by atoms with Crippen LogP contribution in [0.3, 0.4) is 0 Å². The number of nitrogens with zero attached hydrogens (tertiary/aromatic N) is 2. The first-order valence-electron chi connectivity index (χ1n) is 11.1. The topological polar surface area (TPSA) is 44.8 Å². The molecule has 1 aliphatic rings. The molecule has 1 amide bonds. The minimum Gasteiger partial charge on any atom is -0.492 e. The fourth-order valence-corrected chi connectivity index (χ4v) is 3.87. The monoisotopic (exact) mass is 429 g/mol. The van der Waals surface area contributed by atoms with Crippen molar-refractivity contribution in [3.05, 3.63) is 94.5 Å². The van der Waals surface area contributed by atoms with Crippen LogP contribution in [0.1, 0.15) is 32.6 Å². The van der Waals surface area contributed by atoms with Gasteiger partial charge in [0.15, 0.2) is 0 Å². The number of aryl methyl sites for hydroxylation is 1. The number of anilines is 1. The Kier molecular flexibility index (Phi) is 6.76. The molecule has 0 radical (unpaired) electrons. The van der Waals surface area contributed by atoms with E-state index >= 15 is 0 Å². The van der Waals surface area contributed by atoms with Crippen molar-refractivity contribution < 1.29 is 9.53 Å². The largest absolute Gasteiger partial charge is 0.492 e. The summed E-state index contributed by atoms with van der Waals surface area (Å²) in [6.07, 6.45) is 0. The van der Waals surface area contributed by atoms with Crippen molar-refractivity contribution in [2.24, 2.45) is 0 Å². The number of fused-ring (bicyclic) bond motifs is 1. The van der Waals surface area contributed by atoms with E-state index in [1.807, 2.05) is 44.4 Å². The molecule has 5 heteroatoms. The summed E-state index contributed by atoms with van der Waals surface area (Å²) in [6.45, 7) is 5.66. The van der Waals surface area contributed by atoms with E-state index < -0.39 is 0 Å². The van der Waals surface area contributed by atoms with Gasteiger partial charge in [0.2, 0.25) is 0 Å². The van der Waals surface area contributed by atoms with Gasteiger partial charge >= 0.3 is 0 Å². The Morgan fingerprint density at radius 1 is 1.00 bits per heavy atom. The van der Waals surface area contributed by atoms with E-state index in [-0.39, 0.29) is 5.91 Å². The van der Waals surface area contributed by atoms with Crippen molar-refractivity contribution in [3.63, 3.8) is 0 Å². The third-order valence-electron chi connectivity index (χ3n) is 5.81. The van der Waals surface area contributed by atoms with Crippen LogP contribution in [0, 0.1) is 6.92 Å². The summed E-state index contributed by atoms with van der Waals surface area (Å²) in [5.74, 6) is 0.800. The molecule has 166 valence electrons. The second kappa shape index (κ2) is 9.88. The van der Waals surface area contributed by atoms with Gasteiger partial charge in [-0.3, -0.25) is 9.69 Å². The molecule has 0 bridgehead atoms. The van der Waals surface area contributed by atoms with E-state index in [0.717, 1.165) is 36.5 Å². The van der Waals surface area contributed by atoms with Crippen molar-refractivity contribution in [3.8, 4) is 5.75 Å². The number of hydrogen-bond donors (Lipinski definition) is 1. The molecule has 5 nitrogen and oxygen atoms in total. The summed E-state index contributed by atoms with van der Waals surface area (Å²) in [7, 11) is 4.10. The summed E-state index contributed by atoms with van der Waals surface area (Å²) in [5.41, 5.74) is 6.48. The number of ether oxygens (including phenoxy) is 1. The highest BCUT2D eigenvalue weighted by molar-refractivity contribution is 5.94. The summed E-state index contributed by atoms with van der Waals surface area (Å²) in [4.78, 5) is 17.2. The molecular weight excluding hydrogens is 398 g/mol. The number of nitrogens with one attached hydrogen (secondary N) is 1. The maximum atomic E-state index is 12.7. The van der Waals surface area contributed by atoms with Crippen molar-refractivity contribution >= 4 is 11.6 Å². The molecule has 3 aromatic rings. The van der Waals surface area contributed by atoms with Gasteiger partial charge in [-0.15, -0.1) is 0 Å². The van der Waals surface area contributed by atoms with E-state index in [2.05, 4.69) is 58.4 Å². The Morgan fingerprint density at radius 3 is 2.44 bits per heavy atom. The number of benzene rings is 3. The van der Waals surface area contributed by atoms with E-state index in [0.29, 0.717) is 18.7 Å². The molecule has 32 heavy (non-hydrogen) atoms. The van der Waals surface area contributed by atoms with Crippen LogP contribution in [-0.2, 0) is 19.6 Å². The molecule has 1 aliphatic heterocycles. The fourth-order valence-electron chi connectivity index (χ4n) is 3.87. The van der Waals surface area contributed by atoms with Crippen molar-refractivity contribution in [2.75, 3.05) is 32.1 Å². The standard InChI is InChI=1S/C27H31N3O2/c1-20-4-6-21(7-5-20)17-28-27(31)23-10-13-26-24(16-23)19-30(14-15-32-26)18-22-8-11-25(12-9-22)29(2)3/h4-13,16H,14-15,17-19H2,1-3H3,(H,28,31). The van der Waals surface area contributed by atoms with E-state index in [4.69, 9.17) is 4.74 Å². The maximum Gasteiger partial charge on any atom is 0.251 e. The zero-order valence-corrected chi connectivity index (χ0v) is 19.1. The van der Waals surface area contributed by atoms with E-state index in [1.54, 1.807) is 0 Å². The lowest BCUT2D eigenvalue weighted by molar-refractivity contribution is 0.0950. The maximum absolute atomic E-state index is 12.7. The van der Waals surface area contributed by atoms with Crippen LogP contribution in [0.2, 0.25) is 0 Å². The first-order valence-corrected chi connectivity index (χ1v) is 11.1. The van der Waals surface area contributed by atoms with Gasteiger partial charge in [0.05, 0.1) is 0 Å². The van der Waals surface area contributed by atoms with E-state index in [9.17, 15) is 4.79 Å².